The molecule has 2 aliphatic rings. The lowest BCUT2D eigenvalue weighted by Gasteiger charge is -2.33. The number of nitrogens with one attached hydrogen (secondary N) is 1. The summed E-state index contributed by atoms with van der Waals surface area (Å²) in [5.74, 6) is 1.01. The summed E-state index contributed by atoms with van der Waals surface area (Å²) >= 11 is 0. The van der Waals surface area contributed by atoms with Gasteiger partial charge in [-0.3, -0.25) is 14.4 Å². The Morgan fingerprint density at radius 2 is 1.78 bits per heavy atom. The minimum Gasteiger partial charge on any atom is -0.494 e. The van der Waals surface area contributed by atoms with E-state index in [0.717, 1.165) is 0 Å². The highest BCUT2D eigenvalue weighted by Gasteiger charge is 2.32. The number of terminal acetylenes is 1. The SMILES string of the molecule is C#CC(=O)N1CCN(C(=O)c2ccc3c(c2)C(=O)C(c2c(O)[nH]c4ccccc24)=N3)CC1. The van der Waals surface area contributed by atoms with Crippen molar-refractivity contribution in [2.75, 3.05) is 26.2 Å². The quantitative estimate of drug-likeness (QED) is 0.612. The molecule has 1 fully saturated rings. The van der Waals surface area contributed by atoms with Gasteiger partial charge in [0.1, 0.15) is 5.71 Å². The van der Waals surface area contributed by atoms with Gasteiger partial charge in [-0.15, -0.1) is 6.42 Å². The van der Waals surface area contributed by atoms with E-state index >= 15 is 0 Å². The van der Waals surface area contributed by atoms with Gasteiger partial charge in [0, 0.05) is 42.6 Å². The van der Waals surface area contributed by atoms with Gasteiger partial charge in [-0.1, -0.05) is 18.2 Å². The first-order valence-corrected chi connectivity index (χ1v) is 10.1. The lowest BCUT2D eigenvalue weighted by Crippen LogP contribution is -2.50. The lowest BCUT2D eigenvalue weighted by molar-refractivity contribution is -0.126. The molecule has 0 aliphatic carbocycles. The summed E-state index contributed by atoms with van der Waals surface area (Å²) in [6.07, 6.45) is 5.16. The average Bonchev–Trinajstić information content (AvgIpc) is 3.33. The Morgan fingerprint density at radius 1 is 1.06 bits per heavy atom. The number of H-pyrrole nitrogens is 1. The van der Waals surface area contributed by atoms with Crippen LogP contribution in [-0.2, 0) is 4.79 Å². The van der Waals surface area contributed by atoms with Crippen LogP contribution in [0, 0.1) is 12.3 Å². The number of benzene rings is 2. The number of carbonyl (C=O) groups is 3. The topological polar surface area (TPSA) is 106 Å². The normalized spacial score (nSPS) is 15.5. The fourth-order valence-electron chi connectivity index (χ4n) is 4.17. The molecule has 3 heterocycles. The van der Waals surface area contributed by atoms with Gasteiger partial charge in [0.05, 0.1) is 16.8 Å². The van der Waals surface area contributed by atoms with Crippen molar-refractivity contribution in [2.45, 2.75) is 0 Å². The summed E-state index contributed by atoms with van der Waals surface area (Å²) in [7, 11) is 0. The molecule has 2 aromatic carbocycles. The van der Waals surface area contributed by atoms with Crippen LogP contribution < -0.4 is 0 Å². The number of nitrogens with zero attached hydrogens (tertiary/aromatic N) is 3. The van der Waals surface area contributed by atoms with E-state index in [1.807, 2.05) is 12.1 Å². The second kappa shape index (κ2) is 7.39. The van der Waals surface area contributed by atoms with Gasteiger partial charge < -0.3 is 19.9 Å². The molecule has 32 heavy (non-hydrogen) atoms. The molecule has 8 nitrogen and oxygen atoms in total. The van der Waals surface area contributed by atoms with Gasteiger partial charge in [0.2, 0.25) is 5.78 Å². The van der Waals surface area contributed by atoms with E-state index in [0.29, 0.717) is 59.5 Å². The first-order valence-electron chi connectivity index (χ1n) is 10.1. The standard InChI is InChI=1S/C24H18N4O4/c1-2-19(29)27-9-11-28(12-10-27)24(32)14-7-8-18-16(13-14)22(30)21(25-18)20-15-5-3-4-6-17(15)26-23(20)31/h1,3-8,13,26,31H,9-12H2. The highest BCUT2D eigenvalue weighted by molar-refractivity contribution is 6.56. The van der Waals surface area contributed by atoms with Crippen molar-refractivity contribution >= 4 is 39.9 Å². The van der Waals surface area contributed by atoms with E-state index in [1.54, 1.807) is 35.2 Å². The van der Waals surface area contributed by atoms with E-state index in [-0.39, 0.29) is 29.2 Å². The van der Waals surface area contributed by atoms with Crippen LogP contribution in [-0.4, -0.2) is 69.4 Å². The zero-order valence-corrected chi connectivity index (χ0v) is 17.0. The van der Waals surface area contributed by atoms with Crippen molar-refractivity contribution in [2.24, 2.45) is 4.99 Å². The Balaban J connectivity index is 1.40. The Kier molecular flexibility index (Phi) is 4.52. The first-order chi connectivity index (χ1) is 15.5. The Labute approximate surface area is 183 Å². The van der Waals surface area contributed by atoms with Crippen molar-refractivity contribution in [3.63, 3.8) is 0 Å². The summed E-state index contributed by atoms with van der Waals surface area (Å²) in [6.45, 7) is 1.46. The molecular weight excluding hydrogens is 408 g/mol. The number of fused-ring (bicyclic) bond motifs is 2. The molecule has 0 radical (unpaired) electrons. The molecule has 2 N–H and O–H groups in total. The number of piperazine rings is 1. The number of carbonyl (C=O) groups excluding carboxylic acids is 3. The summed E-state index contributed by atoms with van der Waals surface area (Å²) in [6, 6.07) is 12.1. The Bertz CT molecular complexity index is 1370. The molecule has 0 spiro atoms. The highest BCUT2D eigenvalue weighted by atomic mass is 16.3. The van der Waals surface area contributed by atoms with Crippen LogP contribution in [0.3, 0.4) is 0 Å². The van der Waals surface area contributed by atoms with E-state index in [1.165, 1.54) is 4.90 Å². The zero-order valence-electron chi connectivity index (χ0n) is 17.0. The van der Waals surface area contributed by atoms with Gasteiger partial charge in [-0.2, -0.15) is 0 Å². The zero-order chi connectivity index (χ0) is 22.4. The van der Waals surface area contributed by atoms with E-state index in [9.17, 15) is 19.5 Å². The van der Waals surface area contributed by atoms with Crippen LogP contribution in [0.5, 0.6) is 5.88 Å². The molecular formula is C24H18N4O4. The van der Waals surface area contributed by atoms with Crippen LogP contribution in [0.25, 0.3) is 10.9 Å². The molecule has 158 valence electrons. The third-order valence-corrected chi connectivity index (χ3v) is 5.84. The fourth-order valence-corrected chi connectivity index (χ4v) is 4.17. The maximum atomic E-state index is 13.1. The number of aromatic hydroxyl groups is 1. The van der Waals surface area contributed by atoms with Crippen LogP contribution in [0.2, 0.25) is 0 Å². The van der Waals surface area contributed by atoms with Gasteiger partial charge >= 0.3 is 0 Å². The largest absolute Gasteiger partial charge is 0.494 e. The number of aliphatic imine (C=N–C) groups is 1. The minimum absolute atomic E-state index is 0.123. The van der Waals surface area contributed by atoms with Gasteiger partial charge in [0.25, 0.3) is 11.8 Å². The lowest BCUT2D eigenvalue weighted by atomic mass is 10.00. The Morgan fingerprint density at radius 3 is 2.53 bits per heavy atom. The molecule has 3 aromatic rings. The van der Waals surface area contributed by atoms with E-state index in [2.05, 4.69) is 15.9 Å². The minimum atomic E-state index is -0.384. The number of hydrogen-bond acceptors (Lipinski definition) is 5. The van der Waals surface area contributed by atoms with Crippen molar-refractivity contribution < 1.29 is 19.5 Å². The van der Waals surface area contributed by atoms with Gasteiger partial charge in [0.15, 0.2) is 5.88 Å². The first kappa shape index (κ1) is 19.6. The molecule has 0 atom stereocenters. The van der Waals surface area contributed by atoms with E-state index in [4.69, 9.17) is 6.42 Å². The summed E-state index contributed by atoms with van der Waals surface area (Å²) in [5, 5.41) is 11.1. The average molecular weight is 426 g/mol. The van der Waals surface area contributed by atoms with Crippen molar-refractivity contribution in [1.29, 1.82) is 0 Å². The molecule has 0 unspecified atom stereocenters. The van der Waals surface area contributed by atoms with Gasteiger partial charge in [-0.25, -0.2) is 4.99 Å². The number of hydrogen-bond donors (Lipinski definition) is 2. The fraction of sp³-hybridized carbons (Fsp3) is 0.167. The number of Topliss-reactive ketones (excluding diaryl/α,β-unsaturated/α-hetero) is 1. The van der Waals surface area contributed by atoms with Crippen molar-refractivity contribution in [1.82, 2.24) is 14.8 Å². The molecule has 2 aliphatic heterocycles. The van der Waals surface area contributed by atoms with Crippen LogP contribution >= 0.6 is 0 Å². The molecule has 2 amide bonds. The third kappa shape index (κ3) is 3.03. The second-order valence-corrected chi connectivity index (χ2v) is 7.64. The maximum absolute atomic E-state index is 13.1. The summed E-state index contributed by atoms with van der Waals surface area (Å²) in [5.41, 5.74) is 2.33. The molecule has 1 aromatic heterocycles. The van der Waals surface area contributed by atoms with E-state index < -0.39 is 0 Å². The number of rotatable bonds is 2. The molecule has 8 heteroatoms. The van der Waals surface area contributed by atoms with Crippen molar-refractivity contribution in [3.05, 3.63) is 59.2 Å². The second-order valence-electron chi connectivity index (χ2n) is 7.64. The predicted octanol–water partition coefficient (Wildman–Crippen LogP) is 2.11. The number of aromatic nitrogens is 1. The number of ketones is 1. The molecule has 0 bridgehead atoms. The third-order valence-electron chi connectivity index (χ3n) is 5.84. The molecule has 0 saturated carbocycles. The smallest absolute Gasteiger partial charge is 0.298 e. The predicted molar refractivity (Wildman–Crippen MR) is 118 cm³/mol. The van der Waals surface area contributed by atoms with Gasteiger partial charge in [-0.05, 0) is 30.2 Å². The van der Waals surface area contributed by atoms with Crippen molar-refractivity contribution in [3.8, 4) is 18.2 Å². The van der Waals surface area contributed by atoms with Crippen LogP contribution in [0.4, 0.5) is 5.69 Å². The number of amides is 2. The number of aromatic amines is 1. The summed E-state index contributed by atoms with van der Waals surface area (Å²) in [4.78, 5) is 48.2. The Hall–Kier alpha value is -4.38. The van der Waals surface area contributed by atoms with Crippen LogP contribution in [0.15, 0.2) is 47.5 Å². The monoisotopic (exact) mass is 426 g/mol. The molecule has 1 saturated heterocycles. The van der Waals surface area contributed by atoms with Crippen LogP contribution in [0.1, 0.15) is 26.3 Å². The number of para-hydroxylation sites is 1. The molecule has 5 rings (SSSR count). The maximum Gasteiger partial charge on any atom is 0.298 e. The highest BCUT2D eigenvalue weighted by Crippen LogP contribution is 2.35. The summed E-state index contributed by atoms with van der Waals surface area (Å²) < 4.78 is 0.